The molecule has 0 amide bonds. The van der Waals surface area contributed by atoms with E-state index in [1.54, 1.807) is 31.0 Å². The highest BCUT2D eigenvalue weighted by molar-refractivity contribution is 5.97. The predicted molar refractivity (Wildman–Crippen MR) is 252 cm³/mol. The highest BCUT2D eigenvalue weighted by Gasteiger charge is 2.13. The van der Waals surface area contributed by atoms with Crippen LogP contribution in [0.1, 0.15) is 65.7 Å². The molecule has 6 heterocycles. The summed E-state index contributed by atoms with van der Waals surface area (Å²) in [6.45, 7) is 39.1. The lowest BCUT2D eigenvalue weighted by Crippen LogP contribution is -1.82. The van der Waals surface area contributed by atoms with Gasteiger partial charge in [0.25, 0.3) is 0 Å². The molecular weight excluding hydrogens is 757 g/mol. The van der Waals surface area contributed by atoms with Crippen molar-refractivity contribution in [2.75, 3.05) is 0 Å². The molecule has 0 atom stereocenters. The maximum absolute atomic E-state index is 7.11. The summed E-state index contributed by atoms with van der Waals surface area (Å²) < 4.78 is 0. The van der Waals surface area contributed by atoms with Crippen molar-refractivity contribution in [2.24, 2.45) is 0 Å². The Bertz CT molecular complexity index is 2570. The monoisotopic (exact) mass is 808 g/mol. The normalized spacial score (nSPS) is 9.54. The Kier molecular flexibility index (Phi) is 18.2. The van der Waals surface area contributed by atoms with Crippen LogP contribution >= 0.6 is 0 Å². The van der Waals surface area contributed by atoms with Crippen LogP contribution in [0.4, 0.5) is 17.1 Å². The number of aromatic amines is 3. The van der Waals surface area contributed by atoms with E-state index >= 15 is 0 Å². The van der Waals surface area contributed by atoms with Crippen molar-refractivity contribution in [3.8, 4) is 33.9 Å². The van der Waals surface area contributed by atoms with Crippen LogP contribution in [0.25, 0.3) is 81.1 Å². The molecule has 3 N–H and O–H groups in total. The molecule has 0 aliphatic heterocycles. The van der Waals surface area contributed by atoms with Crippen molar-refractivity contribution < 1.29 is 0 Å². The zero-order chi connectivity index (χ0) is 43.6. The van der Waals surface area contributed by atoms with E-state index < -0.39 is 0 Å². The van der Waals surface area contributed by atoms with Crippen LogP contribution in [0, 0.1) is 40.5 Å². The van der Waals surface area contributed by atoms with E-state index in [1.807, 2.05) is 141 Å². The van der Waals surface area contributed by atoms with Crippen LogP contribution in [0.5, 0.6) is 0 Å². The second kappa shape index (κ2) is 23.4. The lowest BCUT2D eigenvalue weighted by molar-refractivity contribution is 1.11. The zero-order valence-corrected chi connectivity index (χ0v) is 35.4. The van der Waals surface area contributed by atoms with Gasteiger partial charge in [-0.1, -0.05) is 73.2 Å². The fourth-order valence-electron chi connectivity index (χ4n) is 6.00. The van der Waals surface area contributed by atoms with Crippen molar-refractivity contribution in [3.05, 3.63) is 161 Å². The van der Waals surface area contributed by atoms with E-state index in [1.165, 1.54) is 0 Å². The fourth-order valence-corrected chi connectivity index (χ4v) is 6.00. The summed E-state index contributed by atoms with van der Waals surface area (Å²) >= 11 is 0. The van der Waals surface area contributed by atoms with Crippen molar-refractivity contribution >= 4 is 49.8 Å². The van der Waals surface area contributed by atoms with Gasteiger partial charge in [-0.3, -0.25) is 30.2 Å². The molecule has 0 radical (unpaired) electrons. The molecule has 0 bridgehead atoms. The quantitative estimate of drug-likeness (QED) is 0.152. The number of aryl methyl sites for hydroxylation is 3. The Balaban J connectivity index is 0.000000228. The smallest absolute Gasteiger partial charge is 0.192 e. The number of rotatable bonds is 3. The number of hydrogen-bond acceptors (Lipinski definition) is 6. The number of nitrogens with zero attached hydrogens (tertiary/aromatic N) is 9. The van der Waals surface area contributed by atoms with Gasteiger partial charge in [0.15, 0.2) is 17.1 Å². The SMILES string of the molecule is C.CC.CC.CC.[C-]#[N+]c1cc2[nH]nc(-c3ccccn3)c2cc1C.[C-]#[N+]c1cc2[nH]nc(-c3cccnc3)c2cc1C.[C-]#[N+]c1cc2[nH]nc(-c3ccncc3)c2cc1C. The largest absolute Gasteiger partial charge is 0.278 e. The summed E-state index contributed by atoms with van der Waals surface area (Å²) in [6.07, 6.45) is 8.76. The first kappa shape index (κ1) is 47.4. The average molecular weight is 809 g/mol. The highest BCUT2D eigenvalue weighted by atomic mass is 15.1. The standard InChI is InChI=1S/3C14H10N4.3C2H6.CH4/c1-9-7-11-13(8-12(9)15-2)17-18-14(11)10-3-5-16-6-4-10;1-9-6-11-13(7-12(9)15-2)17-18-14(11)10-4-3-5-16-8-10;1-9-7-10-13(8-12(9)15-2)17-18-14(10)11-5-3-4-6-16-11;3*1-2;/h3*3-8H,1H3,(H,17,18);3*1-2H3;1H4. The van der Waals surface area contributed by atoms with Gasteiger partial charge in [-0.05, 0) is 92.1 Å². The Morgan fingerprint density at radius 3 is 1.31 bits per heavy atom. The molecule has 6 aromatic heterocycles. The van der Waals surface area contributed by atoms with Crippen molar-refractivity contribution in [1.82, 2.24) is 45.5 Å². The minimum Gasteiger partial charge on any atom is -0.278 e. The first-order valence-corrected chi connectivity index (χ1v) is 19.7. The second-order valence-corrected chi connectivity index (χ2v) is 12.3. The van der Waals surface area contributed by atoms with Crippen molar-refractivity contribution in [1.29, 1.82) is 0 Å². The van der Waals surface area contributed by atoms with Crippen LogP contribution < -0.4 is 0 Å². The Labute approximate surface area is 358 Å². The van der Waals surface area contributed by atoms with E-state index in [-0.39, 0.29) is 7.43 Å². The van der Waals surface area contributed by atoms with Gasteiger partial charge in [-0.25, -0.2) is 14.5 Å². The number of H-pyrrole nitrogens is 3. The summed E-state index contributed by atoms with van der Waals surface area (Å²) in [5.41, 5.74) is 12.9. The third kappa shape index (κ3) is 10.9. The van der Waals surface area contributed by atoms with Gasteiger partial charge in [0.1, 0.15) is 11.4 Å². The zero-order valence-electron chi connectivity index (χ0n) is 35.4. The van der Waals surface area contributed by atoms with Crippen LogP contribution in [-0.2, 0) is 0 Å². The Morgan fingerprint density at radius 2 is 0.902 bits per heavy atom. The topological polar surface area (TPSA) is 138 Å². The van der Waals surface area contributed by atoms with Gasteiger partial charge in [0, 0.05) is 58.3 Å². The molecule has 0 saturated carbocycles. The third-order valence-electron chi connectivity index (χ3n) is 8.80. The molecule has 0 fully saturated rings. The van der Waals surface area contributed by atoms with Gasteiger partial charge in [0.2, 0.25) is 0 Å². The van der Waals surface area contributed by atoms with Crippen LogP contribution in [0.2, 0.25) is 0 Å². The Morgan fingerprint density at radius 1 is 0.459 bits per heavy atom. The van der Waals surface area contributed by atoms with Gasteiger partial charge in [0.05, 0.1) is 47.7 Å². The molecule has 61 heavy (non-hydrogen) atoms. The van der Waals surface area contributed by atoms with E-state index in [0.717, 1.165) is 83.3 Å². The van der Waals surface area contributed by atoms with Gasteiger partial charge in [-0.15, -0.1) is 0 Å². The molecule has 12 nitrogen and oxygen atoms in total. The molecule has 0 spiro atoms. The molecule has 0 aliphatic carbocycles. The van der Waals surface area contributed by atoms with Crippen LogP contribution in [0.3, 0.4) is 0 Å². The van der Waals surface area contributed by atoms with Crippen LogP contribution in [0.15, 0.2) is 110 Å². The number of nitrogens with one attached hydrogen (secondary N) is 3. The molecule has 9 aromatic rings. The summed E-state index contributed by atoms with van der Waals surface area (Å²) in [5, 5.41) is 24.9. The fraction of sp³-hybridized carbons (Fsp3) is 0.204. The van der Waals surface area contributed by atoms with Crippen molar-refractivity contribution in [2.45, 2.75) is 69.7 Å². The molecule has 0 unspecified atom stereocenters. The predicted octanol–water partition coefficient (Wildman–Crippen LogP) is 14.2. The minimum atomic E-state index is 0. The molecular formula is C49H52N12. The van der Waals surface area contributed by atoms with E-state index in [4.69, 9.17) is 19.7 Å². The van der Waals surface area contributed by atoms with Gasteiger partial charge < -0.3 is 0 Å². The lowest BCUT2D eigenvalue weighted by atomic mass is 10.1. The maximum atomic E-state index is 7.11. The number of pyridine rings is 3. The second-order valence-electron chi connectivity index (χ2n) is 12.3. The third-order valence-corrected chi connectivity index (χ3v) is 8.80. The molecule has 308 valence electrons. The number of hydrogen-bond donors (Lipinski definition) is 3. The van der Waals surface area contributed by atoms with Gasteiger partial charge in [-0.2, -0.15) is 15.3 Å². The molecule has 3 aromatic carbocycles. The summed E-state index contributed by atoms with van der Waals surface area (Å²) in [7, 11) is 0. The molecule has 0 aliphatic rings. The number of benzene rings is 3. The number of aromatic nitrogens is 9. The van der Waals surface area contributed by atoms with Gasteiger partial charge >= 0.3 is 0 Å². The average Bonchev–Trinajstić information content (AvgIpc) is 4.05. The summed E-state index contributed by atoms with van der Waals surface area (Å²) in [5.74, 6) is 0. The number of fused-ring (bicyclic) bond motifs is 3. The minimum absolute atomic E-state index is 0. The maximum Gasteiger partial charge on any atom is 0.192 e. The molecule has 12 heteroatoms. The molecule has 0 saturated heterocycles. The Hall–Kier alpha value is -8.01. The van der Waals surface area contributed by atoms with Crippen molar-refractivity contribution in [3.63, 3.8) is 0 Å². The lowest BCUT2D eigenvalue weighted by Gasteiger charge is -2.00. The first-order chi connectivity index (χ1) is 29.4. The van der Waals surface area contributed by atoms with E-state index in [0.29, 0.717) is 17.1 Å². The summed E-state index contributed by atoms with van der Waals surface area (Å²) in [4.78, 5) is 22.9. The molecule has 9 rings (SSSR count). The van der Waals surface area contributed by atoms with E-state index in [2.05, 4.69) is 60.1 Å². The summed E-state index contributed by atoms with van der Waals surface area (Å²) in [6, 6.07) is 24.9. The first-order valence-electron chi connectivity index (χ1n) is 19.7. The van der Waals surface area contributed by atoms with Crippen LogP contribution in [-0.4, -0.2) is 45.5 Å². The highest BCUT2D eigenvalue weighted by Crippen LogP contribution is 2.33. The van der Waals surface area contributed by atoms with E-state index in [9.17, 15) is 0 Å².